The fourth-order valence-electron chi connectivity index (χ4n) is 0.253. The monoisotopic (exact) mass is 76.0 g/mol. The molecule has 4 heteroatoms. The maximum absolute atomic E-state index is 3.53. The molecule has 0 aliphatic carbocycles. The SMILES string of the molecule is b1ccbnn1. The molecule has 1 aromatic heterocycles. The predicted molar refractivity (Wildman–Crippen MR) is 24.7 cm³/mol. The van der Waals surface area contributed by atoms with Gasteiger partial charge in [-0.15, -0.1) is 0 Å². The van der Waals surface area contributed by atoms with Gasteiger partial charge >= 0.3 is 36.0 Å². The zero-order valence-electron chi connectivity index (χ0n) is 3.20. The Morgan fingerprint density at radius 3 is 1.67 bits per heavy atom. The van der Waals surface area contributed by atoms with Crippen molar-refractivity contribution in [1.29, 1.82) is 0 Å². The summed E-state index contributed by atoms with van der Waals surface area (Å²) in [6, 6.07) is 0. The van der Waals surface area contributed by atoms with E-state index in [-0.39, 0.29) is 0 Å². The molecule has 6 heavy (non-hydrogen) atoms. The summed E-state index contributed by atoms with van der Waals surface area (Å²) >= 11 is 0. The molecule has 0 saturated carbocycles. The van der Waals surface area contributed by atoms with Gasteiger partial charge in [0.2, 0.25) is 0 Å². The van der Waals surface area contributed by atoms with Crippen LogP contribution in [0, 0.1) is 0 Å². The van der Waals surface area contributed by atoms with Gasteiger partial charge in [-0.1, -0.05) is 0 Å². The minimum absolute atomic E-state index is 1.64. The first-order valence-electron chi connectivity index (χ1n) is 1.72. The van der Waals surface area contributed by atoms with E-state index >= 15 is 0 Å². The van der Waals surface area contributed by atoms with Gasteiger partial charge < -0.3 is 0 Å². The fourth-order valence-corrected chi connectivity index (χ4v) is 0.253. The third-order valence-electron chi connectivity index (χ3n) is 0.483. The third-order valence-corrected chi connectivity index (χ3v) is 0.483. The summed E-state index contributed by atoms with van der Waals surface area (Å²) in [5.74, 6) is 3.65. The van der Waals surface area contributed by atoms with Crippen molar-refractivity contribution in [2.24, 2.45) is 0 Å². The van der Waals surface area contributed by atoms with Gasteiger partial charge in [0.05, 0.1) is 0 Å². The van der Waals surface area contributed by atoms with Crippen LogP contribution in [0.2, 0.25) is 0 Å². The molecule has 0 radical (unpaired) electrons. The van der Waals surface area contributed by atoms with Gasteiger partial charge in [0.25, 0.3) is 0 Å². The molecule has 0 aromatic carbocycles. The molecule has 1 aromatic rings. The molecule has 1 rings (SSSR count). The van der Waals surface area contributed by atoms with Gasteiger partial charge in [-0.25, -0.2) is 0 Å². The number of hydrogen-bond donors (Lipinski definition) is 0. The van der Waals surface area contributed by atoms with Crippen LogP contribution in [0.5, 0.6) is 0 Å². The molecule has 1 heterocycles. The van der Waals surface area contributed by atoms with E-state index in [2.05, 4.69) is 10.0 Å². The standard InChI is InChI=1S/C2H2B2N2/c1-2-4-6-5-3-1/h1-2H. The summed E-state index contributed by atoms with van der Waals surface area (Å²) in [4.78, 5) is 0. The second-order valence-electron chi connectivity index (χ2n) is 0.914. The number of rotatable bonds is 0. The molecular formula is C2H2B2N2. The first-order chi connectivity index (χ1) is 3.00. The van der Waals surface area contributed by atoms with Crippen molar-refractivity contribution in [2.75, 3.05) is 0 Å². The maximum atomic E-state index is 3.53. The average molecular weight is 75.7 g/mol. The Hall–Kier alpha value is -0.530. The van der Waals surface area contributed by atoms with Crippen LogP contribution in [0.3, 0.4) is 0 Å². The Labute approximate surface area is 37.1 Å². The number of hydrogen-bond acceptors (Lipinski definition) is 2. The summed E-state index contributed by atoms with van der Waals surface area (Å²) in [5, 5.41) is 7.07. The molecule has 0 fully saturated rings. The zero-order chi connectivity index (χ0) is 4.24. The van der Waals surface area contributed by atoms with E-state index in [1.807, 2.05) is 11.9 Å². The van der Waals surface area contributed by atoms with Gasteiger partial charge in [-0.05, 0) is 0 Å². The molecule has 0 atom stereocenters. The first-order valence-corrected chi connectivity index (χ1v) is 1.72. The van der Waals surface area contributed by atoms with Crippen LogP contribution in [0.1, 0.15) is 0 Å². The van der Waals surface area contributed by atoms with Crippen molar-refractivity contribution in [2.45, 2.75) is 0 Å². The van der Waals surface area contributed by atoms with Gasteiger partial charge in [0, 0.05) is 0 Å². The van der Waals surface area contributed by atoms with Gasteiger partial charge in [-0.2, -0.15) is 0 Å². The Kier molecular flexibility index (Phi) is 1.10. The third kappa shape index (κ3) is 0.707. The summed E-state index contributed by atoms with van der Waals surface area (Å²) in [6.45, 7) is 0. The first kappa shape index (κ1) is 3.65. The average Bonchev–Trinajstić information content (AvgIpc) is 1.72. The van der Waals surface area contributed by atoms with Crippen LogP contribution in [0.25, 0.3) is 0 Å². The number of nitrogens with zero attached hydrogens (tertiary/aromatic N) is 2. The van der Waals surface area contributed by atoms with Crippen LogP contribution in [-0.4, -0.2) is 24.1 Å². The van der Waals surface area contributed by atoms with Crippen LogP contribution < -0.4 is 0 Å². The molecule has 0 bridgehead atoms. The normalized spacial score (nSPS) is 6.67. The fraction of sp³-hybridized carbons (Fsp3) is 0. The molecule has 0 aliphatic rings. The van der Waals surface area contributed by atoms with Crippen molar-refractivity contribution < 1.29 is 0 Å². The topological polar surface area (TPSA) is 25.8 Å². The summed E-state index contributed by atoms with van der Waals surface area (Å²) in [5.41, 5.74) is 0. The van der Waals surface area contributed by atoms with E-state index in [1.54, 1.807) is 14.1 Å². The molecule has 0 amide bonds. The molecule has 0 spiro atoms. The van der Waals surface area contributed by atoms with Crippen molar-refractivity contribution in [3.8, 4) is 0 Å². The minimum atomic E-state index is 1.64. The Bertz CT molecular complexity index is 81.5. The van der Waals surface area contributed by atoms with E-state index < -0.39 is 0 Å². The second kappa shape index (κ2) is 1.80. The van der Waals surface area contributed by atoms with E-state index in [9.17, 15) is 0 Å². The quantitative estimate of drug-likeness (QED) is 0.402. The van der Waals surface area contributed by atoms with Crippen LogP contribution in [-0.2, 0) is 0 Å². The van der Waals surface area contributed by atoms with E-state index in [1.165, 1.54) is 0 Å². The van der Waals surface area contributed by atoms with Crippen LogP contribution in [0.4, 0.5) is 0 Å². The van der Waals surface area contributed by atoms with Crippen LogP contribution in [0.15, 0.2) is 11.9 Å². The number of aromatic nitrogens is 2. The Morgan fingerprint density at radius 1 is 1.00 bits per heavy atom. The summed E-state index contributed by atoms with van der Waals surface area (Å²) < 4.78 is 0. The Balaban J connectivity index is 3.00. The van der Waals surface area contributed by atoms with Gasteiger partial charge in [-0.3, -0.25) is 0 Å². The summed E-state index contributed by atoms with van der Waals surface area (Å²) in [7, 11) is 3.28. The van der Waals surface area contributed by atoms with E-state index in [0.717, 1.165) is 0 Å². The van der Waals surface area contributed by atoms with E-state index in [4.69, 9.17) is 0 Å². The Morgan fingerprint density at radius 2 is 1.50 bits per heavy atom. The van der Waals surface area contributed by atoms with Crippen molar-refractivity contribution in [3.63, 3.8) is 0 Å². The van der Waals surface area contributed by atoms with Gasteiger partial charge in [0.1, 0.15) is 0 Å². The molecular weight excluding hydrogens is 73.7 g/mol. The molecule has 0 aliphatic heterocycles. The zero-order valence-corrected chi connectivity index (χ0v) is 3.20. The molecule has 26 valence electrons. The predicted octanol–water partition coefficient (Wildman–Crippen LogP) is -0.847. The molecule has 2 nitrogen and oxygen atoms in total. The molecule has 0 saturated heterocycles. The van der Waals surface area contributed by atoms with E-state index in [0.29, 0.717) is 0 Å². The van der Waals surface area contributed by atoms with Crippen molar-refractivity contribution >= 4 is 14.1 Å². The van der Waals surface area contributed by atoms with Crippen LogP contribution >= 0.6 is 0 Å². The van der Waals surface area contributed by atoms with Crippen molar-refractivity contribution in [3.05, 3.63) is 11.9 Å². The molecule has 0 N–H and O–H groups in total. The van der Waals surface area contributed by atoms with Gasteiger partial charge in [0.15, 0.2) is 0 Å². The van der Waals surface area contributed by atoms with Crippen molar-refractivity contribution in [1.82, 2.24) is 10.0 Å². The molecule has 0 unspecified atom stereocenters. The second-order valence-corrected chi connectivity index (χ2v) is 0.914. The summed E-state index contributed by atoms with van der Waals surface area (Å²) in [6.07, 6.45) is 0.